The van der Waals surface area contributed by atoms with E-state index in [0.29, 0.717) is 5.56 Å². The standard InChI is InChI=1S/C17H20N4O5S/c1-20(11-14-4-2-3-5-16(14)21(23)24)12-17(22)19-10-13-6-8-15(9-7-13)27(18,25)26/h2-9H,10-12H2,1H3,(H,19,22)(H2,18,25,26). The SMILES string of the molecule is CN(CC(=O)NCc1ccc(S(N)(=O)=O)cc1)Cc1ccccc1[N+](=O)[O-]. The minimum absolute atomic E-state index is 0.00163. The molecule has 3 N–H and O–H groups in total. The molecule has 0 aliphatic heterocycles. The summed E-state index contributed by atoms with van der Waals surface area (Å²) in [4.78, 5) is 24.3. The van der Waals surface area contributed by atoms with Crippen LogP contribution in [0.25, 0.3) is 0 Å². The van der Waals surface area contributed by atoms with Crippen molar-refractivity contribution in [3.8, 4) is 0 Å². The van der Waals surface area contributed by atoms with E-state index in [1.165, 1.54) is 18.2 Å². The van der Waals surface area contributed by atoms with Gasteiger partial charge in [-0.05, 0) is 24.7 Å². The molecule has 0 saturated heterocycles. The van der Waals surface area contributed by atoms with Crippen LogP contribution in [0.1, 0.15) is 11.1 Å². The zero-order valence-electron chi connectivity index (χ0n) is 14.7. The van der Waals surface area contributed by atoms with Crippen LogP contribution >= 0.6 is 0 Å². The van der Waals surface area contributed by atoms with E-state index in [1.54, 1.807) is 42.3 Å². The highest BCUT2D eigenvalue weighted by atomic mass is 32.2. The largest absolute Gasteiger partial charge is 0.351 e. The monoisotopic (exact) mass is 392 g/mol. The number of nitrogens with two attached hydrogens (primary N) is 1. The summed E-state index contributed by atoms with van der Waals surface area (Å²) in [5.41, 5.74) is 1.26. The van der Waals surface area contributed by atoms with E-state index in [4.69, 9.17) is 5.14 Å². The number of carbonyl (C=O) groups is 1. The number of amides is 1. The number of likely N-dealkylation sites (N-methyl/N-ethyl adjacent to an activating group) is 1. The predicted octanol–water partition coefficient (Wildman–Crippen LogP) is 0.990. The molecule has 0 fully saturated rings. The number of nitrogens with zero attached hydrogens (tertiary/aromatic N) is 2. The number of para-hydroxylation sites is 1. The molecule has 2 aromatic rings. The van der Waals surface area contributed by atoms with Gasteiger partial charge in [0.15, 0.2) is 0 Å². The van der Waals surface area contributed by atoms with E-state index in [0.717, 1.165) is 5.56 Å². The molecule has 9 nitrogen and oxygen atoms in total. The Kier molecular flexibility index (Phi) is 6.61. The van der Waals surface area contributed by atoms with Crippen molar-refractivity contribution >= 4 is 21.6 Å². The first-order valence-electron chi connectivity index (χ1n) is 7.96. The van der Waals surface area contributed by atoms with Crippen LogP contribution in [0.3, 0.4) is 0 Å². The van der Waals surface area contributed by atoms with E-state index in [-0.39, 0.29) is 36.1 Å². The van der Waals surface area contributed by atoms with Gasteiger partial charge in [0.05, 0.1) is 16.4 Å². The number of nitrogens with one attached hydrogen (secondary N) is 1. The molecular formula is C17H20N4O5S. The molecule has 0 aromatic heterocycles. The fourth-order valence-corrected chi connectivity index (χ4v) is 2.98. The molecule has 0 unspecified atom stereocenters. The zero-order valence-corrected chi connectivity index (χ0v) is 15.5. The molecular weight excluding hydrogens is 372 g/mol. The lowest BCUT2D eigenvalue weighted by molar-refractivity contribution is -0.385. The summed E-state index contributed by atoms with van der Waals surface area (Å²) < 4.78 is 22.4. The number of hydrogen-bond donors (Lipinski definition) is 2. The second-order valence-electron chi connectivity index (χ2n) is 6.02. The van der Waals surface area contributed by atoms with Gasteiger partial charge in [0, 0.05) is 24.7 Å². The highest BCUT2D eigenvalue weighted by Crippen LogP contribution is 2.18. The van der Waals surface area contributed by atoms with Crippen LogP contribution in [0.2, 0.25) is 0 Å². The highest BCUT2D eigenvalue weighted by molar-refractivity contribution is 7.89. The number of sulfonamides is 1. The third-order valence-electron chi connectivity index (χ3n) is 3.78. The fourth-order valence-electron chi connectivity index (χ4n) is 2.47. The van der Waals surface area contributed by atoms with Crippen LogP contribution in [-0.2, 0) is 27.9 Å². The Labute approximate surface area is 157 Å². The van der Waals surface area contributed by atoms with Gasteiger partial charge in [-0.15, -0.1) is 0 Å². The molecule has 2 rings (SSSR count). The Balaban J connectivity index is 1.88. The van der Waals surface area contributed by atoms with Crippen LogP contribution in [0.5, 0.6) is 0 Å². The molecule has 0 atom stereocenters. The molecule has 2 aromatic carbocycles. The summed E-state index contributed by atoms with van der Waals surface area (Å²) >= 11 is 0. The second-order valence-corrected chi connectivity index (χ2v) is 7.59. The molecule has 0 spiro atoms. The molecule has 10 heteroatoms. The van der Waals surface area contributed by atoms with Gasteiger partial charge in [-0.2, -0.15) is 0 Å². The average molecular weight is 392 g/mol. The summed E-state index contributed by atoms with van der Waals surface area (Å²) in [6, 6.07) is 12.3. The van der Waals surface area contributed by atoms with E-state index in [2.05, 4.69) is 5.32 Å². The minimum Gasteiger partial charge on any atom is -0.351 e. The number of hydrogen-bond acceptors (Lipinski definition) is 6. The summed E-state index contributed by atoms with van der Waals surface area (Å²) in [5.74, 6) is -0.258. The van der Waals surface area contributed by atoms with Crippen LogP contribution in [0.15, 0.2) is 53.4 Å². The van der Waals surface area contributed by atoms with Crippen molar-refractivity contribution in [3.63, 3.8) is 0 Å². The lowest BCUT2D eigenvalue weighted by Gasteiger charge is -2.16. The summed E-state index contributed by atoms with van der Waals surface area (Å²) in [6.07, 6.45) is 0. The second kappa shape index (κ2) is 8.71. The molecule has 0 heterocycles. The van der Waals surface area contributed by atoms with Crippen LogP contribution in [0.4, 0.5) is 5.69 Å². The molecule has 1 amide bonds. The summed E-state index contributed by atoms with van der Waals surface area (Å²) in [5, 5.41) is 18.8. The Morgan fingerprint density at radius 3 is 2.41 bits per heavy atom. The Bertz CT molecular complexity index is 929. The quantitative estimate of drug-likeness (QED) is 0.508. The lowest BCUT2D eigenvalue weighted by Crippen LogP contribution is -2.34. The number of rotatable bonds is 8. The summed E-state index contributed by atoms with van der Waals surface area (Å²) in [7, 11) is -2.06. The van der Waals surface area contributed by atoms with Gasteiger partial charge in [-0.25, -0.2) is 13.6 Å². The van der Waals surface area contributed by atoms with Crippen LogP contribution in [-0.4, -0.2) is 37.7 Å². The number of nitro groups is 1. The predicted molar refractivity (Wildman–Crippen MR) is 99.1 cm³/mol. The molecule has 27 heavy (non-hydrogen) atoms. The average Bonchev–Trinajstić information content (AvgIpc) is 2.59. The van der Waals surface area contributed by atoms with Gasteiger partial charge < -0.3 is 5.32 Å². The Morgan fingerprint density at radius 1 is 1.19 bits per heavy atom. The van der Waals surface area contributed by atoms with E-state index >= 15 is 0 Å². The van der Waals surface area contributed by atoms with Crippen molar-refractivity contribution in [2.45, 2.75) is 18.0 Å². The normalized spacial score (nSPS) is 11.4. The molecule has 144 valence electrons. The molecule has 0 bridgehead atoms. The van der Waals surface area contributed by atoms with E-state index in [9.17, 15) is 23.3 Å². The number of benzene rings is 2. The van der Waals surface area contributed by atoms with Crippen molar-refractivity contribution in [2.75, 3.05) is 13.6 Å². The van der Waals surface area contributed by atoms with Crippen molar-refractivity contribution < 1.29 is 18.1 Å². The fraction of sp³-hybridized carbons (Fsp3) is 0.235. The smallest absolute Gasteiger partial charge is 0.273 e. The van der Waals surface area contributed by atoms with Gasteiger partial charge in [0.2, 0.25) is 15.9 Å². The molecule has 0 aliphatic carbocycles. The maximum Gasteiger partial charge on any atom is 0.273 e. The first kappa shape index (κ1) is 20.5. The highest BCUT2D eigenvalue weighted by Gasteiger charge is 2.15. The van der Waals surface area contributed by atoms with E-state index in [1.807, 2.05) is 0 Å². The maximum absolute atomic E-state index is 12.1. The van der Waals surface area contributed by atoms with Gasteiger partial charge in [0.25, 0.3) is 5.69 Å². The zero-order chi connectivity index (χ0) is 20.0. The van der Waals surface area contributed by atoms with Crippen molar-refractivity contribution in [2.24, 2.45) is 5.14 Å². The first-order chi connectivity index (χ1) is 12.7. The van der Waals surface area contributed by atoms with Crippen LogP contribution in [0, 0.1) is 10.1 Å². The Morgan fingerprint density at radius 2 is 1.81 bits per heavy atom. The third kappa shape index (κ3) is 6.13. The topological polar surface area (TPSA) is 136 Å². The van der Waals surface area contributed by atoms with Crippen molar-refractivity contribution in [1.29, 1.82) is 0 Å². The third-order valence-corrected chi connectivity index (χ3v) is 4.71. The summed E-state index contributed by atoms with van der Waals surface area (Å²) in [6.45, 7) is 0.540. The minimum atomic E-state index is -3.75. The number of carbonyl (C=O) groups excluding carboxylic acids is 1. The molecule has 0 aliphatic rings. The van der Waals surface area contributed by atoms with E-state index < -0.39 is 14.9 Å². The number of nitro benzene ring substituents is 1. The van der Waals surface area contributed by atoms with Crippen LogP contribution < -0.4 is 10.5 Å². The van der Waals surface area contributed by atoms with Gasteiger partial charge >= 0.3 is 0 Å². The molecule has 0 saturated carbocycles. The number of primary sulfonamides is 1. The van der Waals surface area contributed by atoms with Gasteiger partial charge in [-0.3, -0.25) is 19.8 Å². The lowest BCUT2D eigenvalue weighted by atomic mass is 10.1. The van der Waals surface area contributed by atoms with Crippen molar-refractivity contribution in [3.05, 3.63) is 69.8 Å². The van der Waals surface area contributed by atoms with Gasteiger partial charge in [0.1, 0.15) is 0 Å². The van der Waals surface area contributed by atoms with Gasteiger partial charge in [-0.1, -0.05) is 30.3 Å². The first-order valence-corrected chi connectivity index (χ1v) is 9.50. The Hall–Kier alpha value is -2.82. The molecule has 0 radical (unpaired) electrons. The maximum atomic E-state index is 12.1. The van der Waals surface area contributed by atoms with Crippen molar-refractivity contribution in [1.82, 2.24) is 10.2 Å².